The van der Waals surface area contributed by atoms with Gasteiger partial charge in [-0.3, -0.25) is 4.79 Å². The molecular weight excluding hydrogens is 360 g/mol. The van der Waals surface area contributed by atoms with Gasteiger partial charge in [0.05, 0.1) is 18.6 Å². The second-order valence-electron chi connectivity index (χ2n) is 6.82. The van der Waals surface area contributed by atoms with Crippen LogP contribution in [0.15, 0.2) is 28.1 Å². The van der Waals surface area contributed by atoms with Crippen LogP contribution in [0.2, 0.25) is 0 Å². The maximum Gasteiger partial charge on any atom is 0.286 e. The minimum absolute atomic E-state index is 0.153. The highest BCUT2D eigenvalue weighted by molar-refractivity contribution is 8.18. The first-order valence-electron chi connectivity index (χ1n) is 9.79. The van der Waals surface area contributed by atoms with Crippen LogP contribution in [-0.4, -0.2) is 42.8 Å². The Balaban J connectivity index is 1.66. The third kappa shape index (κ3) is 5.28. The molecule has 2 aliphatic rings. The zero-order valence-electron chi connectivity index (χ0n) is 16.2. The van der Waals surface area contributed by atoms with Crippen molar-refractivity contribution in [3.05, 3.63) is 28.7 Å². The van der Waals surface area contributed by atoms with Crippen LogP contribution in [0.5, 0.6) is 11.5 Å². The minimum atomic E-state index is -0.153. The van der Waals surface area contributed by atoms with E-state index in [4.69, 9.17) is 9.47 Å². The number of carbonyl (C=O) groups is 1. The SMILES string of the molecule is CCCCCOc1ccc(/C=C2/SC(N3CCCCC3)=NC2=O)cc1OC. The summed E-state index contributed by atoms with van der Waals surface area (Å²) in [7, 11) is 1.64. The Hall–Kier alpha value is -1.95. The molecule has 0 saturated carbocycles. The molecule has 1 aromatic rings. The number of hydrogen-bond acceptors (Lipinski definition) is 5. The Labute approximate surface area is 165 Å². The first-order chi connectivity index (χ1) is 13.2. The second kappa shape index (κ2) is 9.83. The van der Waals surface area contributed by atoms with Gasteiger partial charge in [-0.2, -0.15) is 4.99 Å². The zero-order valence-corrected chi connectivity index (χ0v) is 17.0. The summed E-state index contributed by atoms with van der Waals surface area (Å²) in [5, 5.41) is 0.841. The fraction of sp³-hybridized carbons (Fsp3) is 0.524. The number of rotatable bonds is 7. The van der Waals surface area contributed by atoms with Gasteiger partial charge in [-0.15, -0.1) is 0 Å². The standard InChI is InChI=1S/C21H28N2O3S/c1-3-4-8-13-26-17-10-9-16(14-18(17)25-2)15-19-20(24)22-21(27-19)23-11-6-5-7-12-23/h9-10,14-15H,3-8,11-13H2,1-2H3/b19-15+. The molecule has 0 aromatic heterocycles. The molecule has 3 rings (SSSR count). The number of ether oxygens (including phenoxy) is 2. The molecule has 0 N–H and O–H groups in total. The molecular formula is C21H28N2O3S. The summed E-state index contributed by atoms with van der Waals surface area (Å²) in [6, 6.07) is 5.78. The smallest absolute Gasteiger partial charge is 0.286 e. The van der Waals surface area contributed by atoms with Crippen molar-refractivity contribution in [3.8, 4) is 11.5 Å². The maximum absolute atomic E-state index is 12.3. The van der Waals surface area contributed by atoms with E-state index in [-0.39, 0.29) is 5.91 Å². The molecule has 27 heavy (non-hydrogen) atoms. The lowest BCUT2D eigenvalue weighted by Gasteiger charge is -2.27. The molecule has 0 bridgehead atoms. The van der Waals surface area contributed by atoms with Gasteiger partial charge in [0.2, 0.25) is 0 Å². The largest absolute Gasteiger partial charge is 0.493 e. The van der Waals surface area contributed by atoms with Crippen LogP contribution in [0.3, 0.4) is 0 Å². The van der Waals surface area contributed by atoms with Gasteiger partial charge in [-0.05, 0) is 61.2 Å². The van der Waals surface area contributed by atoms with Gasteiger partial charge in [-0.1, -0.05) is 25.8 Å². The van der Waals surface area contributed by atoms with Crippen LogP contribution in [0.1, 0.15) is 51.0 Å². The van der Waals surface area contributed by atoms with E-state index < -0.39 is 0 Å². The lowest BCUT2D eigenvalue weighted by atomic mass is 10.1. The Morgan fingerprint density at radius 2 is 2.00 bits per heavy atom. The van der Waals surface area contributed by atoms with Crippen LogP contribution in [-0.2, 0) is 4.79 Å². The van der Waals surface area contributed by atoms with Crippen molar-refractivity contribution in [2.75, 3.05) is 26.8 Å². The van der Waals surface area contributed by atoms with Crippen molar-refractivity contribution < 1.29 is 14.3 Å². The summed E-state index contributed by atoms with van der Waals surface area (Å²) in [5.41, 5.74) is 0.915. The van der Waals surface area contributed by atoms with Gasteiger partial charge in [0.1, 0.15) is 0 Å². The van der Waals surface area contributed by atoms with E-state index in [2.05, 4.69) is 16.8 Å². The Morgan fingerprint density at radius 1 is 1.19 bits per heavy atom. The fourth-order valence-electron chi connectivity index (χ4n) is 3.20. The molecule has 5 nitrogen and oxygen atoms in total. The van der Waals surface area contributed by atoms with E-state index in [1.54, 1.807) is 7.11 Å². The molecule has 2 aliphatic heterocycles. The van der Waals surface area contributed by atoms with Crippen LogP contribution in [0, 0.1) is 0 Å². The quantitative estimate of drug-likeness (QED) is 0.500. The molecule has 0 spiro atoms. The topological polar surface area (TPSA) is 51.1 Å². The van der Waals surface area contributed by atoms with Crippen molar-refractivity contribution in [2.45, 2.75) is 45.4 Å². The molecule has 0 atom stereocenters. The average Bonchev–Trinajstić information content (AvgIpc) is 3.07. The predicted molar refractivity (Wildman–Crippen MR) is 111 cm³/mol. The van der Waals surface area contributed by atoms with Crippen molar-refractivity contribution >= 4 is 28.9 Å². The Bertz CT molecular complexity index is 724. The molecule has 0 aliphatic carbocycles. The summed E-state index contributed by atoms with van der Waals surface area (Å²) in [5.74, 6) is 1.28. The van der Waals surface area contributed by atoms with Gasteiger partial charge in [0.25, 0.3) is 5.91 Å². The average molecular weight is 389 g/mol. The van der Waals surface area contributed by atoms with E-state index in [9.17, 15) is 4.79 Å². The lowest BCUT2D eigenvalue weighted by molar-refractivity contribution is -0.113. The first kappa shape index (κ1) is 19.8. The number of likely N-dealkylation sites (tertiary alicyclic amines) is 1. The number of thioether (sulfide) groups is 1. The van der Waals surface area contributed by atoms with E-state index in [1.807, 2.05) is 24.3 Å². The first-order valence-corrected chi connectivity index (χ1v) is 10.6. The highest BCUT2D eigenvalue weighted by atomic mass is 32.2. The van der Waals surface area contributed by atoms with Crippen LogP contribution >= 0.6 is 11.8 Å². The number of methoxy groups -OCH3 is 1. The molecule has 2 heterocycles. The Morgan fingerprint density at radius 3 is 2.74 bits per heavy atom. The molecule has 1 saturated heterocycles. The summed E-state index contributed by atoms with van der Waals surface area (Å²) in [4.78, 5) is 19.4. The Kier molecular flexibility index (Phi) is 7.21. The van der Waals surface area contributed by atoms with Gasteiger partial charge in [-0.25, -0.2) is 0 Å². The second-order valence-corrected chi connectivity index (χ2v) is 7.83. The minimum Gasteiger partial charge on any atom is -0.493 e. The van der Waals surface area contributed by atoms with Crippen molar-refractivity contribution in [1.82, 2.24) is 4.90 Å². The number of piperidine rings is 1. The van der Waals surface area contributed by atoms with Gasteiger partial charge in [0, 0.05) is 13.1 Å². The molecule has 1 amide bonds. The number of benzene rings is 1. The molecule has 0 radical (unpaired) electrons. The van der Waals surface area contributed by atoms with E-state index in [1.165, 1.54) is 37.4 Å². The summed E-state index contributed by atoms with van der Waals surface area (Å²) in [6.07, 6.45) is 8.85. The normalized spacial score (nSPS) is 18.7. The van der Waals surface area contributed by atoms with E-state index >= 15 is 0 Å². The number of aliphatic imine (C=N–C) groups is 1. The highest BCUT2D eigenvalue weighted by Crippen LogP contribution is 2.34. The van der Waals surface area contributed by atoms with Crippen molar-refractivity contribution in [1.29, 1.82) is 0 Å². The molecule has 146 valence electrons. The van der Waals surface area contributed by atoms with Crippen LogP contribution in [0.4, 0.5) is 0 Å². The van der Waals surface area contributed by atoms with Gasteiger partial charge in [0.15, 0.2) is 16.7 Å². The zero-order chi connectivity index (χ0) is 19.1. The number of unbranched alkanes of at least 4 members (excludes halogenated alkanes) is 2. The number of amidine groups is 1. The number of hydrogen-bond donors (Lipinski definition) is 0. The lowest BCUT2D eigenvalue weighted by Crippen LogP contribution is -2.33. The number of carbonyl (C=O) groups excluding carboxylic acids is 1. The number of nitrogens with zero attached hydrogens (tertiary/aromatic N) is 2. The van der Waals surface area contributed by atoms with E-state index in [0.717, 1.165) is 42.4 Å². The molecule has 6 heteroatoms. The van der Waals surface area contributed by atoms with Crippen molar-refractivity contribution in [2.24, 2.45) is 4.99 Å². The fourth-order valence-corrected chi connectivity index (χ4v) is 4.16. The predicted octanol–water partition coefficient (Wildman–Crippen LogP) is 4.72. The maximum atomic E-state index is 12.3. The van der Waals surface area contributed by atoms with Crippen molar-refractivity contribution in [3.63, 3.8) is 0 Å². The van der Waals surface area contributed by atoms with Gasteiger partial charge < -0.3 is 14.4 Å². The van der Waals surface area contributed by atoms with Gasteiger partial charge >= 0.3 is 0 Å². The van der Waals surface area contributed by atoms with E-state index in [0.29, 0.717) is 17.3 Å². The summed E-state index contributed by atoms with van der Waals surface area (Å²) in [6.45, 7) is 4.84. The molecule has 1 fully saturated rings. The van der Waals surface area contributed by atoms with Crippen LogP contribution < -0.4 is 9.47 Å². The molecule has 0 unspecified atom stereocenters. The van der Waals surface area contributed by atoms with Crippen LogP contribution in [0.25, 0.3) is 6.08 Å². The third-order valence-corrected chi connectivity index (χ3v) is 5.77. The third-order valence-electron chi connectivity index (χ3n) is 4.73. The summed E-state index contributed by atoms with van der Waals surface area (Å²) >= 11 is 1.47. The molecule has 1 aromatic carbocycles. The highest BCUT2D eigenvalue weighted by Gasteiger charge is 2.26. The summed E-state index contributed by atoms with van der Waals surface area (Å²) < 4.78 is 11.3. The number of amides is 1. The monoisotopic (exact) mass is 388 g/mol.